The molecule has 0 bridgehead atoms. The third-order valence-electron chi connectivity index (χ3n) is 3.13. The highest BCUT2D eigenvalue weighted by Crippen LogP contribution is 2.11. The first-order chi connectivity index (χ1) is 10.6. The fraction of sp³-hybridized carbons (Fsp3) is 0.312. The standard InChI is InChI=1S/C16H20N4O2/c1-3-15(21)19-14-7-4-6-13(10-14)16(22)18-12(2)11-20-9-5-8-17-20/h4-10,12H,3,11H2,1-2H3,(H,18,22)(H,19,21)/t12-/m0/s1. The zero-order valence-corrected chi connectivity index (χ0v) is 12.7. The molecule has 0 unspecified atom stereocenters. The van der Waals surface area contributed by atoms with Crippen LogP contribution in [0.1, 0.15) is 30.6 Å². The van der Waals surface area contributed by atoms with Crippen LogP contribution in [0.25, 0.3) is 0 Å². The maximum Gasteiger partial charge on any atom is 0.251 e. The first-order valence-electron chi connectivity index (χ1n) is 7.26. The quantitative estimate of drug-likeness (QED) is 0.857. The predicted molar refractivity (Wildman–Crippen MR) is 84.5 cm³/mol. The zero-order valence-electron chi connectivity index (χ0n) is 12.7. The molecule has 0 radical (unpaired) electrons. The Morgan fingerprint density at radius 2 is 2.14 bits per heavy atom. The lowest BCUT2D eigenvalue weighted by molar-refractivity contribution is -0.115. The maximum absolute atomic E-state index is 12.2. The Kier molecular flexibility index (Phi) is 5.30. The molecule has 0 saturated carbocycles. The van der Waals surface area contributed by atoms with E-state index in [1.165, 1.54) is 0 Å². The predicted octanol–water partition coefficient (Wildman–Crippen LogP) is 2.05. The molecule has 116 valence electrons. The lowest BCUT2D eigenvalue weighted by Gasteiger charge is -2.14. The molecule has 0 aliphatic heterocycles. The van der Waals surface area contributed by atoms with Gasteiger partial charge in [0.2, 0.25) is 5.91 Å². The summed E-state index contributed by atoms with van der Waals surface area (Å²) in [7, 11) is 0. The second kappa shape index (κ2) is 7.40. The van der Waals surface area contributed by atoms with Gasteiger partial charge in [0.15, 0.2) is 0 Å². The highest BCUT2D eigenvalue weighted by molar-refractivity contribution is 5.97. The van der Waals surface area contributed by atoms with Crippen LogP contribution in [0.15, 0.2) is 42.7 Å². The number of nitrogens with zero attached hydrogens (tertiary/aromatic N) is 2. The van der Waals surface area contributed by atoms with Crippen LogP contribution in [-0.2, 0) is 11.3 Å². The summed E-state index contributed by atoms with van der Waals surface area (Å²) in [5.74, 6) is -0.253. The van der Waals surface area contributed by atoms with Gasteiger partial charge in [0.1, 0.15) is 0 Å². The average Bonchev–Trinajstić information content (AvgIpc) is 3.00. The van der Waals surface area contributed by atoms with Crippen LogP contribution in [0.5, 0.6) is 0 Å². The molecule has 1 aromatic carbocycles. The van der Waals surface area contributed by atoms with Crippen molar-refractivity contribution in [2.75, 3.05) is 5.32 Å². The smallest absolute Gasteiger partial charge is 0.251 e. The summed E-state index contributed by atoms with van der Waals surface area (Å²) >= 11 is 0. The Morgan fingerprint density at radius 1 is 1.32 bits per heavy atom. The summed E-state index contributed by atoms with van der Waals surface area (Å²) in [6, 6.07) is 8.69. The SMILES string of the molecule is CCC(=O)Nc1cccc(C(=O)N[C@@H](C)Cn2cccn2)c1. The summed E-state index contributed by atoms with van der Waals surface area (Å²) in [5.41, 5.74) is 1.14. The molecule has 0 spiro atoms. The molecule has 2 aromatic rings. The average molecular weight is 300 g/mol. The van der Waals surface area contributed by atoms with Gasteiger partial charge in [0.05, 0.1) is 6.54 Å². The number of benzene rings is 1. The van der Waals surface area contributed by atoms with Crippen LogP contribution >= 0.6 is 0 Å². The lowest BCUT2D eigenvalue weighted by Crippen LogP contribution is -2.35. The van der Waals surface area contributed by atoms with Crippen LogP contribution in [-0.4, -0.2) is 27.6 Å². The maximum atomic E-state index is 12.2. The molecular formula is C16H20N4O2. The second-order valence-electron chi connectivity index (χ2n) is 5.09. The molecule has 1 aromatic heterocycles. The highest BCUT2D eigenvalue weighted by atomic mass is 16.2. The van der Waals surface area contributed by atoms with Crippen molar-refractivity contribution >= 4 is 17.5 Å². The van der Waals surface area contributed by atoms with Gasteiger partial charge in [0, 0.05) is 36.1 Å². The van der Waals surface area contributed by atoms with E-state index in [0.717, 1.165) is 0 Å². The number of nitrogens with one attached hydrogen (secondary N) is 2. The number of rotatable bonds is 6. The second-order valence-corrected chi connectivity index (χ2v) is 5.09. The molecule has 1 heterocycles. The summed E-state index contributed by atoms with van der Waals surface area (Å²) in [4.78, 5) is 23.6. The van der Waals surface area contributed by atoms with Gasteiger partial charge < -0.3 is 10.6 Å². The molecule has 1 atom stereocenters. The summed E-state index contributed by atoms with van der Waals surface area (Å²) in [6.07, 6.45) is 3.95. The minimum Gasteiger partial charge on any atom is -0.348 e. The van der Waals surface area contributed by atoms with Gasteiger partial charge in [-0.05, 0) is 31.2 Å². The van der Waals surface area contributed by atoms with Crippen molar-refractivity contribution in [3.05, 3.63) is 48.3 Å². The zero-order chi connectivity index (χ0) is 15.9. The molecule has 0 aliphatic rings. The number of aromatic nitrogens is 2. The van der Waals surface area contributed by atoms with Gasteiger partial charge in [-0.25, -0.2) is 0 Å². The first-order valence-corrected chi connectivity index (χ1v) is 7.26. The number of hydrogen-bond acceptors (Lipinski definition) is 3. The van der Waals surface area contributed by atoms with Crippen LogP contribution in [0, 0.1) is 0 Å². The van der Waals surface area contributed by atoms with E-state index in [2.05, 4.69) is 15.7 Å². The largest absolute Gasteiger partial charge is 0.348 e. The molecule has 0 saturated heterocycles. The highest BCUT2D eigenvalue weighted by Gasteiger charge is 2.11. The normalized spacial score (nSPS) is 11.7. The van der Waals surface area contributed by atoms with Gasteiger partial charge in [-0.2, -0.15) is 5.10 Å². The van der Waals surface area contributed by atoms with E-state index in [9.17, 15) is 9.59 Å². The number of hydrogen-bond donors (Lipinski definition) is 2. The molecule has 6 heteroatoms. The van der Waals surface area contributed by atoms with Gasteiger partial charge in [0.25, 0.3) is 5.91 Å². The lowest BCUT2D eigenvalue weighted by atomic mass is 10.1. The molecule has 2 N–H and O–H groups in total. The van der Waals surface area contributed by atoms with E-state index in [-0.39, 0.29) is 17.9 Å². The van der Waals surface area contributed by atoms with Crippen molar-refractivity contribution in [2.24, 2.45) is 0 Å². The van der Waals surface area contributed by atoms with Crippen LogP contribution in [0.3, 0.4) is 0 Å². The Balaban J connectivity index is 1.97. The van der Waals surface area contributed by atoms with Crippen molar-refractivity contribution in [1.29, 1.82) is 0 Å². The Bertz CT molecular complexity index is 637. The third kappa shape index (κ3) is 4.44. The Labute approximate surface area is 129 Å². The van der Waals surface area contributed by atoms with E-state index in [0.29, 0.717) is 24.2 Å². The molecule has 0 fully saturated rings. The summed E-state index contributed by atoms with van der Waals surface area (Å²) in [5, 5.41) is 9.77. The number of carbonyl (C=O) groups excluding carboxylic acids is 2. The Hall–Kier alpha value is -2.63. The van der Waals surface area contributed by atoms with E-state index >= 15 is 0 Å². The van der Waals surface area contributed by atoms with Crippen LogP contribution in [0.4, 0.5) is 5.69 Å². The van der Waals surface area contributed by atoms with Crippen molar-refractivity contribution in [3.8, 4) is 0 Å². The van der Waals surface area contributed by atoms with E-state index in [1.807, 2.05) is 19.2 Å². The molecule has 2 rings (SSSR count). The summed E-state index contributed by atoms with van der Waals surface area (Å²) < 4.78 is 1.77. The molecular weight excluding hydrogens is 280 g/mol. The number of carbonyl (C=O) groups is 2. The third-order valence-corrected chi connectivity index (χ3v) is 3.13. The minimum absolute atomic E-state index is 0.0544. The number of amides is 2. The molecule has 6 nitrogen and oxygen atoms in total. The fourth-order valence-electron chi connectivity index (χ4n) is 2.03. The summed E-state index contributed by atoms with van der Waals surface area (Å²) in [6.45, 7) is 4.30. The van der Waals surface area contributed by atoms with E-state index in [1.54, 1.807) is 42.1 Å². The van der Waals surface area contributed by atoms with Crippen LogP contribution in [0.2, 0.25) is 0 Å². The van der Waals surface area contributed by atoms with E-state index < -0.39 is 0 Å². The molecule has 2 amide bonds. The van der Waals surface area contributed by atoms with Crippen molar-refractivity contribution < 1.29 is 9.59 Å². The van der Waals surface area contributed by atoms with Gasteiger partial charge in [-0.15, -0.1) is 0 Å². The van der Waals surface area contributed by atoms with Gasteiger partial charge >= 0.3 is 0 Å². The number of anilines is 1. The minimum atomic E-state index is -0.174. The fourth-order valence-corrected chi connectivity index (χ4v) is 2.03. The first kappa shape index (κ1) is 15.8. The van der Waals surface area contributed by atoms with Gasteiger partial charge in [-0.1, -0.05) is 13.0 Å². The van der Waals surface area contributed by atoms with Crippen LogP contribution < -0.4 is 10.6 Å². The monoisotopic (exact) mass is 300 g/mol. The van der Waals surface area contributed by atoms with E-state index in [4.69, 9.17) is 0 Å². The topological polar surface area (TPSA) is 76.0 Å². The van der Waals surface area contributed by atoms with Crippen molar-refractivity contribution in [1.82, 2.24) is 15.1 Å². The van der Waals surface area contributed by atoms with Gasteiger partial charge in [-0.3, -0.25) is 14.3 Å². The molecule has 0 aliphatic carbocycles. The van der Waals surface area contributed by atoms with Crippen molar-refractivity contribution in [2.45, 2.75) is 32.9 Å². The molecule has 22 heavy (non-hydrogen) atoms. The Morgan fingerprint density at radius 3 is 2.82 bits per heavy atom. The van der Waals surface area contributed by atoms with Crippen molar-refractivity contribution in [3.63, 3.8) is 0 Å².